The second-order valence-corrected chi connectivity index (χ2v) is 4.86. The van der Waals surface area contributed by atoms with Gasteiger partial charge < -0.3 is 15.0 Å². The number of ether oxygens (including phenoxy) is 1. The summed E-state index contributed by atoms with van der Waals surface area (Å²) in [5.41, 5.74) is 0.653. The number of hydrogen-bond donors (Lipinski definition) is 1. The van der Waals surface area contributed by atoms with Gasteiger partial charge in [0.1, 0.15) is 5.75 Å². The normalized spacial score (nSPS) is 19.8. The first-order valence-corrected chi connectivity index (χ1v) is 6.30. The smallest absolute Gasteiger partial charge is 0.251 e. The summed E-state index contributed by atoms with van der Waals surface area (Å²) in [6.07, 6.45) is 1.16. The lowest BCUT2D eigenvalue weighted by Gasteiger charge is -2.12. The summed E-state index contributed by atoms with van der Waals surface area (Å²) in [7, 11) is 3.72. The number of amides is 1. The molecule has 1 heterocycles. The van der Waals surface area contributed by atoms with Crippen LogP contribution in [0.5, 0.6) is 5.75 Å². The fourth-order valence-electron chi connectivity index (χ4n) is 2.30. The minimum absolute atomic E-state index is 0.0246. The van der Waals surface area contributed by atoms with Crippen LogP contribution in [0.4, 0.5) is 0 Å². The molecule has 98 valence electrons. The van der Waals surface area contributed by atoms with E-state index in [1.807, 2.05) is 12.1 Å². The van der Waals surface area contributed by atoms with Crippen LogP contribution in [0.2, 0.25) is 0 Å². The minimum Gasteiger partial charge on any atom is -0.497 e. The van der Waals surface area contributed by atoms with Crippen molar-refractivity contribution in [2.45, 2.75) is 6.42 Å². The maximum absolute atomic E-state index is 12.0. The lowest BCUT2D eigenvalue weighted by Crippen LogP contribution is -2.30. The van der Waals surface area contributed by atoms with Gasteiger partial charge in [0.25, 0.3) is 5.91 Å². The largest absolute Gasteiger partial charge is 0.497 e. The van der Waals surface area contributed by atoms with Crippen LogP contribution in [-0.4, -0.2) is 44.6 Å². The third-order valence-corrected chi connectivity index (χ3v) is 3.37. The van der Waals surface area contributed by atoms with Gasteiger partial charge in [-0.15, -0.1) is 0 Å². The molecule has 0 radical (unpaired) electrons. The molecule has 18 heavy (non-hydrogen) atoms. The Morgan fingerprint density at radius 2 is 2.39 bits per heavy atom. The van der Waals surface area contributed by atoms with Gasteiger partial charge in [-0.05, 0) is 44.1 Å². The van der Waals surface area contributed by atoms with Crippen LogP contribution in [0, 0.1) is 5.92 Å². The molecule has 1 amide bonds. The third kappa shape index (κ3) is 3.23. The standard InChI is InChI=1S/C14H20N2O2/c1-16-7-6-11(10-16)9-15-14(17)12-4-3-5-13(8-12)18-2/h3-5,8,11H,6-7,9-10H2,1-2H3,(H,15,17). The predicted octanol–water partition coefficient (Wildman–Crippen LogP) is 1.38. The van der Waals surface area contributed by atoms with E-state index in [0.717, 1.165) is 26.1 Å². The second-order valence-electron chi connectivity index (χ2n) is 4.86. The quantitative estimate of drug-likeness (QED) is 0.875. The summed E-state index contributed by atoms with van der Waals surface area (Å²) >= 11 is 0. The molecular weight excluding hydrogens is 228 g/mol. The van der Waals surface area contributed by atoms with E-state index in [1.54, 1.807) is 19.2 Å². The van der Waals surface area contributed by atoms with Crippen molar-refractivity contribution in [3.05, 3.63) is 29.8 Å². The molecule has 1 atom stereocenters. The van der Waals surface area contributed by atoms with Crippen molar-refractivity contribution in [2.75, 3.05) is 33.8 Å². The first-order valence-electron chi connectivity index (χ1n) is 6.30. The SMILES string of the molecule is COc1cccc(C(=O)NCC2CCN(C)C2)c1. The molecule has 0 aliphatic carbocycles. The van der Waals surface area contributed by atoms with E-state index in [0.29, 0.717) is 17.2 Å². The number of hydrogen-bond acceptors (Lipinski definition) is 3. The Balaban J connectivity index is 1.87. The Labute approximate surface area is 108 Å². The average molecular weight is 248 g/mol. The zero-order chi connectivity index (χ0) is 13.0. The molecule has 1 aromatic carbocycles. The summed E-state index contributed by atoms with van der Waals surface area (Å²) in [6, 6.07) is 7.23. The van der Waals surface area contributed by atoms with Gasteiger partial charge in [0.15, 0.2) is 0 Å². The van der Waals surface area contributed by atoms with Crippen LogP contribution in [0.15, 0.2) is 24.3 Å². The van der Waals surface area contributed by atoms with Gasteiger partial charge in [-0.25, -0.2) is 0 Å². The summed E-state index contributed by atoms with van der Waals surface area (Å²) in [5.74, 6) is 1.26. The van der Waals surface area contributed by atoms with Crippen molar-refractivity contribution < 1.29 is 9.53 Å². The van der Waals surface area contributed by atoms with E-state index < -0.39 is 0 Å². The number of nitrogens with zero attached hydrogens (tertiary/aromatic N) is 1. The lowest BCUT2D eigenvalue weighted by atomic mass is 10.1. The highest BCUT2D eigenvalue weighted by molar-refractivity contribution is 5.94. The van der Waals surface area contributed by atoms with Crippen LogP contribution in [-0.2, 0) is 0 Å². The number of likely N-dealkylation sites (tertiary alicyclic amines) is 1. The third-order valence-electron chi connectivity index (χ3n) is 3.37. The van der Waals surface area contributed by atoms with E-state index in [9.17, 15) is 4.79 Å². The van der Waals surface area contributed by atoms with E-state index in [-0.39, 0.29) is 5.91 Å². The van der Waals surface area contributed by atoms with Crippen molar-refractivity contribution in [1.82, 2.24) is 10.2 Å². The molecule has 4 nitrogen and oxygen atoms in total. The van der Waals surface area contributed by atoms with Crippen LogP contribution in [0.3, 0.4) is 0 Å². The minimum atomic E-state index is -0.0246. The molecule has 4 heteroatoms. The molecule has 2 rings (SSSR count). The average Bonchev–Trinajstić information content (AvgIpc) is 2.82. The Hall–Kier alpha value is -1.55. The highest BCUT2D eigenvalue weighted by Gasteiger charge is 2.19. The molecule has 1 saturated heterocycles. The van der Waals surface area contributed by atoms with E-state index in [1.165, 1.54) is 0 Å². The van der Waals surface area contributed by atoms with Gasteiger partial charge in [0.2, 0.25) is 0 Å². The van der Waals surface area contributed by atoms with E-state index in [2.05, 4.69) is 17.3 Å². The van der Waals surface area contributed by atoms with Crippen molar-refractivity contribution >= 4 is 5.91 Å². The molecule has 1 aliphatic rings. The monoisotopic (exact) mass is 248 g/mol. The van der Waals surface area contributed by atoms with Gasteiger partial charge in [-0.2, -0.15) is 0 Å². The first-order chi connectivity index (χ1) is 8.69. The number of benzene rings is 1. The molecule has 1 N–H and O–H groups in total. The van der Waals surface area contributed by atoms with Crippen molar-refractivity contribution in [3.8, 4) is 5.75 Å². The maximum Gasteiger partial charge on any atom is 0.251 e. The molecule has 0 spiro atoms. The molecule has 1 fully saturated rings. The van der Waals surface area contributed by atoms with Crippen molar-refractivity contribution in [3.63, 3.8) is 0 Å². The molecular formula is C14H20N2O2. The molecule has 1 aliphatic heterocycles. The number of rotatable bonds is 4. The van der Waals surface area contributed by atoms with E-state index >= 15 is 0 Å². The summed E-state index contributed by atoms with van der Waals surface area (Å²) in [4.78, 5) is 14.3. The predicted molar refractivity (Wildman–Crippen MR) is 70.9 cm³/mol. The molecule has 0 aromatic heterocycles. The van der Waals surface area contributed by atoms with Crippen molar-refractivity contribution in [2.24, 2.45) is 5.92 Å². The lowest BCUT2D eigenvalue weighted by molar-refractivity contribution is 0.0947. The zero-order valence-corrected chi connectivity index (χ0v) is 11.0. The Morgan fingerprint density at radius 3 is 3.06 bits per heavy atom. The number of carbonyl (C=O) groups is 1. The number of carbonyl (C=O) groups excluding carboxylic acids is 1. The van der Waals surface area contributed by atoms with E-state index in [4.69, 9.17) is 4.74 Å². The van der Waals surface area contributed by atoms with Crippen LogP contribution < -0.4 is 10.1 Å². The maximum atomic E-state index is 12.0. The summed E-state index contributed by atoms with van der Waals surface area (Å²) in [5, 5.41) is 2.99. The highest BCUT2D eigenvalue weighted by Crippen LogP contribution is 2.14. The Bertz CT molecular complexity index is 420. The topological polar surface area (TPSA) is 41.6 Å². The molecule has 1 aromatic rings. The van der Waals surface area contributed by atoms with Gasteiger partial charge in [-0.3, -0.25) is 4.79 Å². The Morgan fingerprint density at radius 1 is 1.56 bits per heavy atom. The first kappa shape index (κ1) is 12.9. The highest BCUT2D eigenvalue weighted by atomic mass is 16.5. The van der Waals surface area contributed by atoms with Crippen LogP contribution in [0.1, 0.15) is 16.8 Å². The summed E-state index contributed by atoms with van der Waals surface area (Å²) < 4.78 is 5.11. The van der Waals surface area contributed by atoms with Crippen LogP contribution in [0.25, 0.3) is 0 Å². The molecule has 0 bridgehead atoms. The zero-order valence-electron chi connectivity index (χ0n) is 11.0. The molecule has 1 unspecified atom stereocenters. The van der Waals surface area contributed by atoms with Gasteiger partial charge in [-0.1, -0.05) is 6.07 Å². The second kappa shape index (κ2) is 5.87. The van der Waals surface area contributed by atoms with Gasteiger partial charge >= 0.3 is 0 Å². The van der Waals surface area contributed by atoms with Crippen molar-refractivity contribution in [1.29, 1.82) is 0 Å². The summed E-state index contributed by atoms with van der Waals surface area (Å²) in [6.45, 7) is 2.94. The van der Waals surface area contributed by atoms with Crippen LogP contribution >= 0.6 is 0 Å². The molecule has 0 saturated carbocycles. The number of nitrogens with one attached hydrogen (secondary N) is 1. The fraction of sp³-hybridized carbons (Fsp3) is 0.500. The Kier molecular flexibility index (Phi) is 4.20. The fourth-order valence-corrected chi connectivity index (χ4v) is 2.30. The number of methoxy groups -OCH3 is 1. The van der Waals surface area contributed by atoms with Gasteiger partial charge in [0, 0.05) is 18.7 Å². The van der Waals surface area contributed by atoms with Gasteiger partial charge in [0.05, 0.1) is 7.11 Å².